The minimum atomic E-state index is -0.675. The second-order valence-corrected chi connectivity index (χ2v) is 5.95. The highest BCUT2D eigenvalue weighted by Gasteiger charge is 2.30. The number of hydrogen-bond acceptors (Lipinski definition) is 3. The van der Waals surface area contributed by atoms with Crippen LogP contribution in [0.3, 0.4) is 0 Å². The minimum Gasteiger partial charge on any atom is -0.444 e. The highest BCUT2D eigenvalue weighted by molar-refractivity contribution is 5.68. The van der Waals surface area contributed by atoms with E-state index >= 15 is 0 Å². The Morgan fingerprint density at radius 2 is 2.10 bits per heavy atom. The topological polar surface area (TPSA) is 38.8 Å². The zero-order chi connectivity index (χ0) is 15.6. The van der Waals surface area contributed by atoms with Crippen molar-refractivity contribution in [2.75, 3.05) is 19.7 Å². The molecule has 0 bridgehead atoms. The summed E-state index contributed by atoms with van der Waals surface area (Å²) in [6.07, 6.45) is -1.08. The third kappa shape index (κ3) is 4.14. The minimum absolute atomic E-state index is 0.178. The first-order valence-electron chi connectivity index (χ1n) is 6.81. The Balaban J connectivity index is 2.08. The maximum atomic E-state index is 13.8. The number of morpholine rings is 1. The number of carbonyl (C=O) groups excluding carboxylic acids is 1. The Morgan fingerprint density at radius 1 is 1.38 bits per heavy atom. The fraction of sp³-hybridized carbons (Fsp3) is 0.533. The van der Waals surface area contributed by atoms with E-state index in [2.05, 4.69) is 0 Å². The van der Waals surface area contributed by atoms with Crippen LogP contribution in [0, 0.1) is 11.6 Å². The van der Waals surface area contributed by atoms with E-state index in [1.54, 1.807) is 20.8 Å². The van der Waals surface area contributed by atoms with E-state index < -0.39 is 29.4 Å². The van der Waals surface area contributed by atoms with E-state index in [0.29, 0.717) is 6.54 Å². The number of carbonyl (C=O) groups is 1. The molecule has 4 nitrogen and oxygen atoms in total. The second-order valence-electron chi connectivity index (χ2n) is 5.95. The summed E-state index contributed by atoms with van der Waals surface area (Å²) in [6.45, 7) is 6.18. The molecule has 0 spiro atoms. The van der Waals surface area contributed by atoms with E-state index in [0.717, 1.165) is 6.07 Å². The fourth-order valence-corrected chi connectivity index (χ4v) is 2.09. The molecule has 2 rings (SSSR count). The van der Waals surface area contributed by atoms with Crippen LogP contribution in [0.4, 0.5) is 13.6 Å². The number of benzene rings is 1. The van der Waals surface area contributed by atoms with Gasteiger partial charge >= 0.3 is 6.09 Å². The van der Waals surface area contributed by atoms with Crippen LogP contribution in [0.15, 0.2) is 18.2 Å². The van der Waals surface area contributed by atoms with E-state index in [-0.39, 0.29) is 18.7 Å². The highest BCUT2D eigenvalue weighted by atomic mass is 19.1. The molecule has 1 aliphatic heterocycles. The maximum Gasteiger partial charge on any atom is 0.410 e. The van der Waals surface area contributed by atoms with Crippen molar-refractivity contribution in [3.8, 4) is 0 Å². The second kappa shape index (κ2) is 5.97. The largest absolute Gasteiger partial charge is 0.444 e. The van der Waals surface area contributed by atoms with Gasteiger partial charge in [0, 0.05) is 18.2 Å². The van der Waals surface area contributed by atoms with Gasteiger partial charge in [0.1, 0.15) is 23.3 Å². The zero-order valence-corrected chi connectivity index (χ0v) is 12.4. The van der Waals surface area contributed by atoms with Crippen LogP contribution >= 0.6 is 0 Å². The lowest BCUT2D eigenvalue weighted by molar-refractivity contribution is -0.0444. The molecule has 6 heteroatoms. The number of amides is 1. The van der Waals surface area contributed by atoms with Gasteiger partial charge in [-0.3, -0.25) is 0 Å². The van der Waals surface area contributed by atoms with Gasteiger partial charge in [0.2, 0.25) is 0 Å². The summed E-state index contributed by atoms with van der Waals surface area (Å²) in [4.78, 5) is 13.5. The van der Waals surface area contributed by atoms with Gasteiger partial charge in [-0.15, -0.1) is 0 Å². The van der Waals surface area contributed by atoms with Gasteiger partial charge in [0.25, 0.3) is 0 Å². The van der Waals surface area contributed by atoms with Gasteiger partial charge in [0.05, 0.1) is 13.2 Å². The molecule has 0 radical (unpaired) electrons. The van der Waals surface area contributed by atoms with Crippen molar-refractivity contribution in [3.63, 3.8) is 0 Å². The van der Waals surface area contributed by atoms with Crippen LogP contribution in [-0.2, 0) is 9.47 Å². The summed E-state index contributed by atoms with van der Waals surface area (Å²) in [5.41, 5.74) is -0.351. The third-order valence-electron chi connectivity index (χ3n) is 3.03. The van der Waals surface area contributed by atoms with Crippen LogP contribution < -0.4 is 0 Å². The molecular formula is C15H19F2NO3. The van der Waals surface area contributed by atoms with Crippen molar-refractivity contribution in [2.24, 2.45) is 0 Å². The van der Waals surface area contributed by atoms with Crippen LogP contribution in [0.2, 0.25) is 0 Å². The summed E-state index contributed by atoms with van der Waals surface area (Å²) in [5.74, 6) is -1.32. The van der Waals surface area contributed by atoms with Crippen molar-refractivity contribution in [2.45, 2.75) is 32.5 Å². The van der Waals surface area contributed by atoms with Crippen molar-refractivity contribution in [1.82, 2.24) is 4.90 Å². The van der Waals surface area contributed by atoms with Crippen LogP contribution in [-0.4, -0.2) is 36.3 Å². The van der Waals surface area contributed by atoms with Crippen molar-refractivity contribution < 1.29 is 23.0 Å². The average molecular weight is 299 g/mol. The summed E-state index contributed by atoms with van der Waals surface area (Å²) in [6, 6.07) is 3.33. The van der Waals surface area contributed by atoms with Gasteiger partial charge < -0.3 is 14.4 Å². The molecule has 21 heavy (non-hydrogen) atoms. The smallest absolute Gasteiger partial charge is 0.410 e. The summed E-state index contributed by atoms with van der Waals surface area (Å²) >= 11 is 0. The SMILES string of the molecule is CC(C)(C)OC(=O)N1CCOC(c2ccc(F)cc2F)C1. The van der Waals surface area contributed by atoms with Crippen LogP contribution in [0.25, 0.3) is 0 Å². The fourth-order valence-electron chi connectivity index (χ4n) is 2.09. The normalized spacial score (nSPS) is 19.5. The highest BCUT2D eigenvalue weighted by Crippen LogP contribution is 2.26. The van der Waals surface area contributed by atoms with Crippen LogP contribution in [0.5, 0.6) is 0 Å². The standard InChI is InChI=1S/C15H19F2NO3/c1-15(2,3)21-14(19)18-6-7-20-13(9-18)11-5-4-10(16)8-12(11)17/h4-5,8,13H,6-7,9H2,1-3H3. The first kappa shape index (κ1) is 15.7. The number of halogens is 2. The Labute approximate surface area is 122 Å². The molecule has 0 aliphatic carbocycles. The molecule has 1 atom stereocenters. The molecule has 1 fully saturated rings. The molecule has 0 saturated carbocycles. The predicted octanol–water partition coefficient (Wildman–Crippen LogP) is 3.27. The quantitative estimate of drug-likeness (QED) is 0.799. The van der Waals surface area contributed by atoms with E-state index in [9.17, 15) is 13.6 Å². The molecule has 1 aliphatic rings. The van der Waals surface area contributed by atoms with Crippen LogP contribution in [0.1, 0.15) is 32.4 Å². The lowest BCUT2D eigenvalue weighted by Gasteiger charge is -2.34. The molecule has 1 unspecified atom stereocenters. The molecule has 116 valence electrons. The molecule has 0 aromatic heterocycles. The summed E-state index contributed by atoms with van der Waals surface area (Å²) in [5, 5.41) is 0. The number of ether oxygens (including phenoxy) is 2. The maximum absolute atomic E-state index is 13.8. The molecule has 1 heterocycles. The van der Waals surface area contributed by atoms with E-state index in [1.807, 2.05) is 0 Å². The van der Waals surface area contributed by atoms with Gasteiger partial charge in [-0.2, -0.15) is 0 Å². The van der Waals surface area contributed by atoms with Crippen molar-refractivity contribution >= 4 is 6.09 Å². The van der Waals surface area contributed by atoms with Crippen molar-refractivity contribution in [3.05, 3.63) is 35.4 Å². The summed E-state index contributed by atoms with van der Waals surface area (Å²) < 4.78 is 37.5. The predicted molar refractivity (Wildman–Crippen MR) is 72.9 cm³/mol. The summed E-state index contributed by atoms with van der Waals surface area (Å²) in [7, 11) is 0. The van der Waals surface area contributed by atoms with Gasteiger partial charge in [0.15, 0.2) is 0 Å². The molecule has 1 aromatic rings. The number of hydrogen-bond donors (Lipinski definition) is 0. The van der Waals surface area contributed by atoms with E-state index in [1.165, 1.54) is 17.0 Å². The lowest BCUT2D eigenvalue weighted by Crippen LogP contribution is -2.44. The van der Waals surface area contributed by atoms with Crippen molar-refractivity contribution in [1.29, 1.82) is 0 Å². The third-order valence-corrected chi connectivity index (χ3v) is 3.03. The van der Waals surface area contributed by atoms with Gasteiger partial charge in [-0.25, -0.2) is 13.6 Å². The average Bonchev–Trinajstić information content (AvgIpc) is 2.37. The molecule has 1 saturated heterocycles. The molecular weight excluding hydrogens is 280 g/mol. The number of nitrogens with zero attached hydrogens (tertiary/aromatic N) is 1. The number of rotatable bonds is 1. The van der Waals surface area contributed by atoms with E-state index in [4.69, 9.17) is 9.47 Å². The zero-order valence-electron chi connectivity index (χ0n) is 12.4. The molecule has 1 amide bonds. The van der Waals surface area contributed by atoms with Gasteiger partial charge in [-0.1, -0.05) is 6.07 Å². The first-order valence-corrected chi connectivity index (χ1v) is 6.81. The Hall–Kier alpha value is -1.69. The Kier molecular flexibility index (Phi) is 4.46. The Morgan fingerprint density at radius 3 is 2.71 bits per heavy atom. The molecule has 1 aromatic carbocycles. The monoisotopic (exact) mass is 299 g/mol. The first-order chi connectivity index (χ1) is 9.76. The lowest BCUT2D eigenvalue weighted by atomic mass is 10.1. The Bertz CT molecular complexity index is 528. The van der Waals surface area contributed by atoms with Gasteiger partial charge in [-0.05, 0) is 26.8 Å². The molecule has 0 N–H and O–H groups in total.